The minimum atomic E-state index is -0.920. The number of hydrogen-bond acceptors (Lipinski definition) is 3. The number of carbonyl (C=O) groups is 2. The molecule has 17 heavy (non-hydrogen) atoms. The Balaban J connectivity index is 2.49. The fraction of sp³-hybridized carbons (Fsp3) is 0.833. The normalized spacial score (nSPS) is 18.6. The number of ether oxygens (including phenoxy) is 1. The Morgan fingerprint density at radius 2 is 1.94 bits per heavy atom. The van der Waals surface area contributed by atoms with E-state index < -0.39 is 11.9 Å². The second-order valence-corrected chi connectivity index (χ2v) is 5.23. The predicted molar refractivity (Wildman–Crippen MR) is 71.9 cm³/mol. The standard InChI is InChI=1S/C12H19IO4/c13-8-17-12(16)10(7-11(14)15)6-9-4-2-1-3-5-9/h9-10H,1-8H2,(H,14,15). The number of carboxylic acids is 1. The molecule has 0 aromatic rings. The molecule has 98 valence electrons. The van der Waals surface area contributed by atoms with Gasteiger partial charge in [0.05, 0.1) is 12.3 Å². The summed E-state index contributed by atoms with van der Waals surface area (Å²) in [7, 11) is 0. The van der Waals surface area contributed by atoms with Gasteiger partial charge in [-0.2, -0.15) is 0 Å². The van der Waals surface area contributed by atoms with E-state index in [1.165, 1.54) is 19.3 Å². The van der Waals surface area contributed by atoms with Crippen LogP contribution in [0.1, 0.15) is 44.9 Å². The molecule has 1 aliphatic rings. The van der Waals surface area contributed by atoms with Crippen molar-refractivity contribution in [1.29, 1.82) is 0 Å². The van der Waals surface area contributed by atoms with E-state index in [4.69, 9.17) is 9.84 Å². The van der Waals surface area contributed by atoms with E-state index in [0.717, 1.165) is 12.8 Å². The highest BCUT2D eigenvalue weighted by atomic mass is 127. The first-order valence-electron chi connectivity index (χ1n) is 6.08. The molecule has 0 saturated heterocycles. The fourth-order valence-electron chi connectivity index (χ4n) is 2.47. The van der Waals surface area contributed by atoms with Crippen molar-refractivity contribution >= 4 is 34.5 Å². The summed E-state index contributed by atoms with van der Waals surface area (Å²) in [5.41, 5.74) is 0. The van der Waals surface area contributed by atoms with Crippen LogP contribution in [0.25, 0.3) is 0 Å². The van der Waals surface area contributed by atoms with Gasteiger partial charge in [-0.25, -0.2) is 0 Å². The van der Waals surface area contributed by atoms with Gasteiger partial charge in [-0.15, -0.1) is 0 Å². The van der Waals surface area contributed by atoms with Gasteiger partial charge < -0.3 is 9.84 Å². The zero-order chi connectivity index (χ0) is 12.7. The van der Waals surface area contributed by atoms with Gasteiger partial charge in [-0.05, 0) is 34.9 Å². The van der Waals surface area contributed by atoms with E-state index in [9.17, 15) is 9.59 Å². The molecule has 0 spiro atoms. The summed E-state index contributed by atoms with van der Waals surface area (Å²) in [5.74, 6) is -1.25. The topological polar surface area (TPSA) is 63.6 Å². The number of aliphatic carboxylic acids is 1. The van der Waals surface area contributed by atoms with Gasteiger partial charge in [0, 0.05) is 0 Å². The minimum Gasteiger partial charge on any atom is -0.481 e. The number of carboxylic acid groups (broad SMARTS) is 1. The van der Waals surface area contributed by atoms with Crippen molar-refractivity contribution in [2.75, 3.05) is 4.61 Å². The van der Waals surface area contributed by atoms with Gasteiger partial charge in [-0.3, -0.25) is 9.59 Å². The molecular formula is C12H19IO4. The average Bonchev–Trinajstić information content (AvgIpc) is 2.29. The zero-order valence-electron chi connectivity index (χ0n) is 9.86. The van der Waals surface area contributed by atoms with Crippen LogP contribution in [-0.2, 0) is 14.3 Å². The maximum Gasteiger partial charge on any atom is 0.310 e. The highest BCUT2D eigenvalue weighted by Crippen LogP contribution is 2.30. The van der Waals surface area contributed by atoms with Crippen LogP contribution in [0.4, 0.5) is 0 Å². The molecule has 1 fully saturated rings. The summed E-state index contributed by atoms with van der Waals surface area (Å²) in [6.45, 7) is 0. The fourth-order valence-corrected chi connectivity index (χ4v) is 2.78. The molecule has 0 aromatic carbocycles. The number of carbonyl (C=O) groups excluding carboxylic acids is 1. The van der Waals surface area contributed by atoms with Crippen molar-refractivity contribution in [3.63, 3.8) is 0 Å². The lowest BCUT2D eigenvalue weighted by Gasteiger charge is -2.24. The molecule has 5 heteroatoms. The van der Waals surface area contributed by atoms with Crippen LogP contribution in [-0.4, -0.2) is 21.7 Å². The smallest absolute Gasteiger partial charge is 0.310 e. The van der Waals surface area contributed by atoms with Crippen LogP contribution < -0.4 is 0 Å². The first kappa shape index (κ1) is 14.7. The summed E-state index contributed by atoms with van der Waals surface area (Å²) in [4.78, 5) is 22.4. The number of alkyl halides is 1. The molecule has 1 aliphatic carbocycles. The molecule has 0 bridgehead atoms. The maximum atomic E-state index is 11.7. The molecule has 1 atom stereocenters. The van der Waals surface area contributed by atoms with Gasteiger partial charge in [0.25, 0.3) is 0 Å². The molecule has 1 saturated carbocycles. The van der Waals surface area contributed by atoms with Crippen LogP contribution in [0, 0.1) is 11.8 Å². The zero-order valence-corrected chi connectivity index (χ0v) is 12.0. The Morgan fingerprint density at radius 3 is 2.47 bits per heavy atom. The van der Waals surface area contributed by atoms with Crippen molar-refractivity contribution in [3.05, 3.63) is 0 Å². The molecule has 0 amide bonds. The Morgan fingerprint density at radius 1 is 1.29 bits per heavy atom. The number of rotatable bonds is 6. The predicted octanol–water partition coefficient (Wildman–Crippen LogP) is 2.98. The van der Waals surface area contributed by atoms with E-state index in [-0.39, 0.29) is 17.0 Å². The average molecular weight is 354 g/mol. The number of halogens is 1. The molecule has 1 rings (SSSR count). The van der Waals surface area contributed by atoms with Crippen molar-refractivity contribution in [2.24, 2.45) is 11.8 Å². The van der Waals surface area contributed by atoms with E-state index in [1.54, 1.807) is 0 Å². The van der Waals surface area contributed by atoms with Crippen molar-refractivity contribution in [1.82, 2.24) is 0 Å². The summed E-state index contributed by atoms with van der Waals surface area (Å²) in [5, 5.41) is 8.82. The second kappa shape index (κ2) is 7.89. The third-order valence-electron chi connectivity index (χ3n) is 3.29. The Bertz CT molecular complexity index is 261. The molecule has 1 N–H and O–H groups in total. The monoisotopic (exact) mass is 354 g/mol. The van der Waals surface area contributed by atoms with Crippen molar-refractivity contribution in [2.45, 2.75) is 44.9 Å². The summed E-state index contributed by atoms with van der Waals surface area (Å²) in [6, 6.07) is 0. The van der Waals surface area contributed by atoms with Gasteiger partial charge in [0.15, 0.2) is 0 Å². The van der Waals surface area contributed by atoms with Crippen LogP contribution in [0.5, 0.6) is 0 Å². The first-order valence-corrected chi connectivity index (χ1v) is 7.60. The maximum absolute atomic E-state index is 11.7. The lowest BCUT2D eigenvalue weighted by atomic mass is 9.82. The molecule has 0 aliphatic heterocycles. The quantitative estimate of drug-likeness (QED) is 0.453. The number of esters is 1. The minimum absolute atomic E-state index is 0.105. The second-order valence-electron chi connectivity index (χ2n) is 4.61. The van der Waals surface area contributed by atoms with Crippen LogP contribution >= 0.6 is 22.6 Å². The SMILES string of the molecule is O=C(O)CC(CC1CCCCC1)C(=O)OCI. The molecular weight excluding hydrogens is 335 g/mol. The van der Waals surface area contributed by atoms with Gasteiger partial charge in [0.2, 0.25) is 0 Å². The third kappa shape index (κ3) is 5.70. The van der Waals surface area contributed by atoms with Crippen molar-refractivity contribution < 1.29 is 19.4 Å². The largest absolute Gasteiger partial charge is 0.481 e. The van der Waals surface area contributed by atoms with Gasteiger partial charge in [-0.1, -0.05) is 32.1 Å². The molecule has 1 unspecified atom stereocenters. The van der Waals surface area contributed by atoms with Gasteiger partial charge >= 0.3 is 11.9 Å². The molecule has 4 nitrogen and oxygen atoms in total. The van der Waals surface area contributed by atoms with E-state index in [1.807, 2.05) is 22.6 Å². The van der Waals surface area contributed by atoms with Crippen LogP contribution in [0.2, 0.25) is 0 Å². The third-order valence-corrected chi connectivity index (χ3v) is 3.61. The molecule has 0 radical (unpaired) electrons. The first-order chi connectivity index (χ1) is 8.13. The summed E-state index contributed by atoms with van der Waals surface area (Å²) < 4.78 is 5.22. The van der Waals surface area contributed by atoms with Crippen LogP contribution in [0.15, 0.2) is 0 Å². The van der Waals surface area contributed by atoms with E-state index >= 15 is 0 Å². The lowest BCUT2D eigenvalue weighted by Crippen LogP contribution is -2.24. The lowest BCUT2D eigenvalue weighted by molar-refractivity contribution is -0.151. The highest BCUT2D eigenvalue weighted by Gasteiger charge is 2.27. The van der Waals surface area contributed by atoms with E-state index in [2.05, 4.69) is 0 Å². The van der Waals surface area contributed by atoms with Crippen molar-refractivity contribution in [3.8, 4) is 0 Å². The number of hydrogen-bond donors (Lipinski definition) is 1. The van der Waals surface area contributed by atoms with Crippen LogP contribution in [0.3, 0.4) is 0 Å². The Labute approximate surface area is 115 Å². The highest BCUT2D eigenvalue weighted by molar-refractivity contribution is 14.1. The van der Waals surface area contributed by atoms with E-state index in [0.29, 0.717) is 12.3 Å². The Kier molecular flexibility index (Phi) is 6.84. The Hall–Kier alpha value is -0.330. The molecule has 0 aromatic heterocycles. The summed E-state index contributed by atoms with van der Waals surface area (Å²) in [6.07, 6.45) is 6.46. The molecule has 0 heterocycles. The summed E-state index contributed by atoms with van der Waals surface area (Å²) >= 11 is 1.95. The van der Waals surface area contributed by atoms with Gasteiger partial charge in [0.1, 0.15) is 4.61 Å².